The van der Waals surface area contributed by atoms with Crippen molar-refractivity contribution in [2.45, 2.75) is 46.1 Å². The van der Waals surface area contributed by atoms with E-state index >= 15 is 0 Å². The largest absolute Gasteiger partial charge is 0.388 e. The number of carbonyl (C=O) groups is 2. The summed E-state index contributed by atoms with van der Waals surface area (Å²) in [6.07, 6.45) is 1.05. The number of β-amino-alcohol motifs (C(OH)–C–C–N with tert-alkyl or cyclic N) is 1. The van der Waals surface area contributed by atoms with Crippen LogP contribution in [0.25, 0.3) is 0 Å². The lowest BCUT2D eigenvalue weighted by Crippen LogP contribution is -2.45. The summed E-state index contributed by atoms with van der Waals surface area (Å²) in [6.45, 7) is 7.08. The summed E-state index contributed by atoms with van der Waals surface area (Å²) in [5.41, 5.74) is 0.00932. The van der Waals surface area contributed by atoms with Gasteiger partial charge < -0.3 is 5.11 Å². The number of aliphatic hydroxyl groups is 1. The number of amides is 2. The summed E-state index contributed by atoms with van der Waals surface area (Å²) in [7, 11) is 0. The van der Waals surface area contributed by atoms with E-state index in [9.17, 15) is 14.7 Å². The Bertz CT molecular complexity index is 329. The minimum absolute atomic E-state index is 0.0896. The summed E-state index contributed by atoms with van der Waals surface area (Å²) < 4.78 is 0. The van der Waals surface area contributed by atoms with Gasteiger partial charge in [-0.25, -0.2) is 0 Å². The molecule has 1 rings (SSSR count). The Balaban J connectivity index is 2.87. The van der Waals surface area contributed by atoms with Crippen molar-refractivity contribution in [2.75, 3.05) is 6.54 Å². The quantitative estimate of drug-likeness (QED) is 0.732. The van der Waals surface area contributed by atoms with E-state index < -0.39 is 5.60 Å². The first kappa shape index (κ1) is 12.9. The number of rotatable bonds is 4. The van der Waals surface area contributed by atoms with Crippen molar-refractivity contribution in [2.24, 2.45) is 0 Å². The molecule has 16 heavy (non-hydrogen) atoms. The predicted octanol–water partition coefficient (Wildman–Crippen LogP) is 1.24. The zero-order valence-corrected chi connectivity index (χ0v) is 10.3. The van der Waals surface area contributed by atoms with E-state index in [1.807, 2.05) is 13.8 Å². The molecule has 0 atom stereocenters. The molecule has 4 heteroatoms. The number of carbonyl (C=O) groups excluding carboxylic acids is 2. The lowest BCUT2D eigenvalue weighted by Gasteiger charge is -2.29. The molecule has 0 saturated carbocycles. The molecule has 0 aliphatic carbocycles. The molecule has 0 fully saturated rings. The highest BCUT2D eigenvalue weighted by atomic mass is 16.3. The van der Waals surface area contributed by atoms with Crippen LogP contribution < -0.4 is 0 Å². The van der Waals surface area contributed by atoms with Crippen LogP contribution in [0.15, 0.2) is 11.1 Å². The Labute approximate surface area is 95.9 Å². The van der Waals surface area contributed by atoms with E-state index in [0.29, 0.717) is 24.0 Å². The summed E-state index contributed by atoms with van der Waals surface area (Å²) in [6, 6.07) is 0. The number of nitrogens with zero attached hydrogens (tertiary/aromatic N) is 1. The fourth-order valence-corrected chi connectivity index (χ4v) is 1.73. The van der Waals surface area contributed by atoms with Crippen LogP contribution in [-0.4, -0.2) is 34.0 Å². The van der Waals surface area contributed by atoms with Gasteiger partial charge in [-0.3, -0.25) is 14.5 Å². The maximum Gasteiger partial charge on any atom is 0.256 e. The third-order valence-corrected chi connectivity index (χ3v) is 3.46. The second kappa shape index (κ2) is 4.37. The van der Waals surface area contributed by atoms with E-state index in [-0.39, 0.29) is 18.4 Å². The van der Waals surface area contributed by atoms with Crippen molar-refractivity contribution in [3.8, 4) is 0 Å². The van der Waals surface area contributed by atoms with E-state index in [1.165, 1.54) is 0 Å². The van der Waals surface area contributed by atoms with Crippen molar-refractivity contribution < 1.29 is 14.7 Å². The average molecular weight is 225 g/mol. The molecule has 4 nitrogen and oxygen atoms in total. The highest BCUT2D eigenvalue weighted by molar-refractivity contribution is 6.18. The van der Waals surface area contributed by atoms with Gasteiger partial charge in [0.25, 0.3) is 11.8 Å². The summed E-state index contributed by atoms with van der Waals surface area (Å²) >= 11 is 0. The van der Waals surface area contributed by atoms with Gasteiger partial charge in [0.05, 0.1) is 12.1 Å². The van der Waals surface area contributed by atoms with Gasteiger partial charge in [0.15, 0.2) is 0 Å². The molecule has 0 radical (unpaired) electrons. The molecular weight excluding hydrogens is 206 g/mol. The van der Waals surface area contributed by atoms with Crippen LogP contribution >= 0.6 is 0 Å². The average Bonchev–Trinajstić information content (AvgIpc) is 2.46. The van der Waals surface area contributed by atoms with Gasteiger partial charge in [-0.15, -0.1) is 0 Å². The third kappa shape index (κ3) is 2.02. The lowest BCUT2D eigenvalue weighted by atomic mass is 9.97. The predicted molar refractivity (Wildman–Crippen MR) is 60.6 cm³/mol. The van der Waals surface area contributed by atoms with E-state index in [2.05, 4.69) is 0 Å². The van der Waals surface area contributed by atoms with Crippen LogP contribution in [0.4, 0.5) is 0 Å². The van der Waals surface area contributed by atoms with Crippen LogP contribution in [0.3, 0.4) is 0 Å². The second-order valence-corrected chi connectivity index (χ2v) is 4.38. The van der Waals surface area contributed by atoms with Crippen LogP contribution in [0.2, 0.25) is 0 Å². The minimum Gasteiger partial charge on any atom is -0.388 e. The van der Waals surface area contributed by atoms with Gasteiger partial charge in [-0.2, -0.15) is 0 Å². The molecule has 0 aromatic rings. The Morgan fingerprint density at radius 3 is 1.75 bits per heavy atom. The first-order valence-electron chi connectivity index (χ1n) is 5.62. The molecule has 0 aromatic carbocycles. The topological polar surface area (TPSA) is 57.6 Å². The lowest BCUT2D eigenvalue weighted by molar-refractivity contribution is -0.142. The summed E-state index contributed by atoms with van der Waals surface area (Å²) in [5.74, 6) is -0.550. The molecule has 0 spiro atoms. The molecule has 2 amide bonds. The standard InChI is InChI=1S/C12H19NO3/c1-5-12(16,6-2)7-13-10(14)8(3)9(4)11(13)15/h16H,5-7H2,1-4H3. The van der Waals surface area contributed by atoms with Gasteiger partial charge >= 0.3 is 0 Å². The zero-order valence-electron chi connectivity index (χ0n) is 10.3. The van der Waals surface area contributed by atoms with Crippen molar-refractivity contribution in [1.29, 1.82) is 0 Å². The first-order valence-corrected chi connectivity index (χ1v) is 5.62. The molecule has 0 bridgehead atoms. The van der Waals surface area contributed by atoms with Crippen molar-refractivity contribution >= 4 is 11.8 Å². The molecule has 0 saturated heterocycles. The van der Waals surface area contributed by atoms with E-state index in [1.54, 1.807) is 13.8 Å². The molecule has 90 valence electrons. The fourth-order valence-electron chi connectivity index (χ4n) is 1.73. The Morgan fingerprint density at radius 2 is 1.44 bits per heavy atom. The molecule has 1 heterocycles. The van der Waals surface area contributed by atoms with Crippen LogP contribution in [-0.2, 0) is 9.59 Å². The molecule has 0 unspecified atom stereocenters. The van der Waals surface area contributed by atoms with Gasteiger partial charge in [0, 0.05) is 11.1 Å². The first-order chi connectivity index (χ1) is 7.36. The maximum atomic E-state index is 11.8. The molecule has 1 aliphatic rings. The highest BCUT2D eigenvalue weighted by Crippen LogP contribution is 2.24. The Morgan fingerprint density at radius 1 is 1.06 bits per heavy atom. The van der Waals surface area contributed by atoms with Gasteiger partial charge in [-0.05, 0) is 26.7 Å². The normalized spacial score (nSPS) is 17.7. The van der Waals surface area contributed by atoms with Crippen LogP contribution in [0.1, 0.15) is 40.5 Å². The van der Waals surface area contributed by atoms with Crippen molar-refractivity contribution in [3.63, 3.8) is 0 Å². The molecule has 0 aromatic heterocycles. The summed E-state index contributed by atoms with van der Waals surface area (Å²) in [5, 5.41) is 10.1. The summed E-state index contributed by atoms with van der Waals surface area (Å²) in [4.78, 5) is 24.7. The van der Waals surface area contributed by atoms with Crippen LogP contribution in [0, 0.1) is 0 Å². The van der Waals surface area contributed by atoms with Gasteiger partial charge in [-0.1, -0.05) is 13.8 Å². The number of hydrogen-bond donors (Lipinski definition) is 1. The SMILES string of the molecule is CCC(O)(CC)CN1C(=O)C(C)=C(C)C1=O. The van der Waals surface area contributed by atoms with Gasteiger partial charge in [0.2, 0.25) is 0 Å². The molecular formula is C12H19NO3. The van der Waals surface area contributed by atoms with Crippen LogP contribution in [0.5, 0.6) is 0 Å². The van der Waals surface area contributed by atoms with E-state index in [0.717, 1.165) is 4.90 Å². The Kier molecular flexibility index (Phi) is 3.53. The molecule has 1 aliphatic heterocycles. The zero-order chi connectivity index (χ0) is 12.5. The fraction of sp³-hybridized carbons (Fsp3) is 0.667. The van der Waals surface area contributed by atoms with Crippen molar-refractivity contribution in [1.82, 2.24) is 4.90 Å². The van der Waals surface area contributed by atoms with Gasteiger partial charge in [0.1, 0.15) is 0 Å². The minimum atomic E-state index is -0.962. The van der Waals surface area contributed by atoms with E-state index in [4.69, 9.17) is 0 Å². The third-order valence-electron chi connectivity index (χ3n) is 3.46. The number of hydrogen-bond acceptors (Lipinski definition) is 3. The smallest absolute Gasteiger partial charge is 0.256 e. The number of imide groups is 1. The monoisotopic (exact) mass is 225 g/mol. The maximum absolute atomic E-state index is 11.8. The Hall–Kier alpha value is -1.16. The second-order valence-electron chi connectivity index (χ2n) is 4.38. The molecule has 1 N–H and O–H groups in total. The van der Waals surface area contributed by atoms with Crippen molar-refractivity contribution in [3.05, 3.63) is 11.1 Å². The highest BCUT2D eigenvalue weighted by Gasteiger charge is 2.38.